The number of H-pyrrole nitrogens is 1. The summed E-state index contributed by atoms with van der Waals surface area (Å²) in [5.41, 5.74) is 17.5. The van der Waals surface area contributed by atoms with Gasteiger partial charge in [-0.1, -0.05) is 86.4 Å². The maximum atomic E-state index is 12.5. The minimum atomic E-state index is -0.813. The van der Waals surface area contributed by atoms with Crippen LogP contribution in [0.5, 0.6) is 0 Å². The average Bonchev–Trinajstić information content (AvgIpc) is 3.17. The van der Waals surface area contributed by atoms with Gasteiger partial charge in [-0.25, -0.2) is 4.79 Å². The molecule has 2 N–H and O–H groups in total. The van der Waals surface area contributed by atoms with Crippen LogP contribution < -0.4 is 4.43 Å². The van der Waals surface area contributed by atoms with Crippen molar-refractivity contribution in [1.82, 2.24) is 15.0 Å². The van der Waals surface area contributed by atoms with Crippen molar-refractivity contribution in [3.05, 3.63) is 182 Å². The number of benzene rings is 5. The van der Waals surface area contributed by atoms with Gasteiger partial charge in [-0.05, 0) is 122 Å². The molecule has 59 heavy (non-hydrogen) atoms. The number of aryl methyl sites for hydroxylation is 8. The van der Waals surface area contributed by atoms with Crippen LogP contribution in [0, 0.1) is 60.3 Å². The van der Waals surface area contributed by atoms with Gasteiger partial charge in [0.1, 0.15) is 5.69 Å². The van der Waals surface area contributed by atoms with E-state index in [-0.39, 0.29) is 10.9 Å². The lowest BCUT2D eigenvalue weighted by Crippen LogP contribution is -2.19. The summed E-state index contributed by atoms with van der Waals surface area (Å²) in [5.74, 6) is -0.813. The highest BCUT2D eigenvalue weighted by Crippen LogP contribution is 2.31. The molecule has 7 aromatic rings. The number of carbonyl (C=O) groups excluding carboxylic acids is 1. The van der Waals surface area contributed by atoms with Crippen molar-refractivity contribution >= 4 is 40.8 Å². The second kappa shape index (κ2) is 21.9. The van der Waals surface area contributed by atoms with Gasteiger partial charge in [-0.3, -0.25) is 14.9 Å². The molecule has 0 radical (unpaired) electrons. The largest absolute Gasteiger partial charge is 0.372 e. The Hall–Kier alpha value is -5.64. The molecular formula is C48H48Cl3N4O4+. The first-order valence-electron chi connectivity index (χ1n) is 18.6. The van der Waals surface area contributed by atoms with Crippen LogP contribution in [0.3, 0.4) is 0 Å². The van der Waals surface area contributed by atoms with E-state index in [2.05, 4.69) is 148 Å². The van der Waals surface area contributed by atoms with Gasteiger partial charge in [-0.2, -0.15) is 5.26 Å². The summed E-state index contributed by atoms with van der Waals surface area (Å²) in [6.07, 6.45) is 6.73. The summed E-state index contributed by atoms with van der Waals surface area (Å²) >= 11 is 15.1. The number of nitrogens with one attached hydrogen (secondary N) is 1. The summed E-state index contributed by atoms with van der Waals surface area (Å²) in [5, 5.41) is 8.60. The van der Waals surface area contributed by atoms with E-state index >= 15 is 0 Å². The molecule has 0 fully saturated rings. The fraction of sp³-hybridized carbons (Fsp3) is 0.188. The zero-order valence-corrected chi connectivity index (χ0v) is 36.7. The zero-order valence-electron chi connectivity index (χ0n) is 34.4. The molecular weight excluding hydrogens is 803 g/mol. The number of carbonyl (C=O) groups is 1. The van der Waals surface area contributed by atoms with Crippen molar-refractivity contribution in [3.8, 4) is 45.0 Å². The number of nitrogens with zero attached hydrogens (tertiary/aromatic N) is 3. The second-order valence-electron chi connectivity index (χ2n) is 14.3. The highest BCUT2D eigenvalue weighted by molar-refractivity contribution is 6.40. The van der Waals surface area contributed by atoms with E-state index < -0.39 is 5.97 Å². The monoisotopic (exact) mass is 849 g/mol. The first-order valence-corrected chi connectivity index (χ1v) is 20.1. The third kappa shape index (κ3) is 13.5. The molecule has 8 nitrogen and oxygen atoms in total. The minimum absolute atomic E-state index is 0.194. The van der Waals surface area contributed by atoms with Gasteiger partial charge in [-0.15, -0.1) is 23.2 Å². The molecule has 7 rings (SSSR count). The molecule has 0 spiro atoms. The molecule has 0 unspecified atom stereocenters. The minimum Gasteiger partial charge on any atom is -0.350 e. The van der Waals surface area contributed by atoms with Crippen LogP contribution in [0.1, 0.15) is 54.9 Å². The van der Waals surface area contributed by atoms with E-state index in [4.69, 9.17) is 40.1 Å². The van der Waals surface area contributed by atoms with E-state index in [0.717, 1.165) is 54.9 Å². The van der Waals surface area contributed by atoms with Crippen LogP contribution in [0.4, 0.5) is 0 Å². The Labute approximate surface area is 361 Å². The lowest BCUT2D eigenvalue weighted by atomic mass is 9.98. The van der Waals surface area contributed by atoms with E-state index in [9.17, 15) is 9.70 Å². The van der Waals surface area contributed by atoms with Crippen molar-refractivity contribution in [3.63, 3.8) is 0 Å². The molecule has 2 aromatic heterocycles. The van der Waals surface area contributed by atoms with Crippen LogP contribution in [0.2, 0.25) is 5.02 Å². The van der Waals surface area contributed by atoms with Gasteiger partial charge in [0.05, 0.1) is 38.5 Å². The highest BCUT2D eigenvalue weighted by Gasteiger charge is 2.21. The van der Waals surface area contributed by atoms with Crippen LogP contribution in [-0.2, 0) is 4.89 Å². The van der Waals surface area contributed by atoms with E-state index in [1.165, 1.54) is 51.7 Å². The highest BCUT2D eigenvalue weighted by atomic mass is 35.5. The van der Waals surface area contributed by atoms with Crippen LogP contribution in [-0.4, -0.2) is 31.5 Å². The van der Waals surface area contributed by atoms with Crippen molar-refractivity contribution in [2.75, 3.05) is 5.34 Å². The Morgan fingerprint density at radius 1 is 0.627 bits per heavy atom. The first kappa shape index (κ1) is 46.1. The summed E-state index contributed by atoms with van der Waals surface area (Å²) in [4.78, 5) is 39.1. The Morgan fingerprint density at radius 3 is 1.41 bits per heavy atom. The number of halogens is 3. The molecule has 0 aliphatic carbocycles. The summed E-state index contributed by atoms with van der Waals surface area (Å²) in [7, 11) is 0. The number of alkyl halides is 2. The standard InChI is InChI=1S/C20H21N2O.C20H20N2.C7H5ClO3.CH2Cl2/c1-13-7-14(2)10-17(9-13)19-20(22(23)6-5-21-19)18-11-15(3)8-16(4)12-18;1-13-7-14(2)10-17(9-13)19-20(22-6-5-21-19)18-11-15(3)8-16(4)12-18;8-6-3-1-2-5(4-6)7(9)11-10;2-1-3/h5-12H,1-4H3,(H,21,23);5-12H,1-4H3;1-4,10H;1H2/q+1;;;. The number of aromatic amines is 1. The molecule has 0 aliphatic heterocycles. The topological polar surface area (TPSA) is 111 Å². The zero-order chi connectivity index (χ0) is 43.2. The van der Waals surface area contributed by atoms with Gasteiger partial charge in [0.25, 0.3) is 5.69 Å². The van der Waals surface area contributed by atoms with Gasteiger partial charge >= 0.3 is 5.97 Å². The summed E-state index contributed by atoms with van der Waals surface area (Å²) in [6.45, 7) is 16.7. The molecule has 0 saturated heterocycles. The average molecular weight is 851 g/mol. The summed E-state index contributed by atoms with van der Waals surface area (Å²) in [6, 6.07) is 31.7. The number of hydrogen-bond donors (Lipinski definition) is 2. The summed E-state index contributed by atoms with van der Waals surface area (Å²) < 4.78 is 0.942. The molecule has 0 saturated carbocycles. The predicted octanol–water partition coefficient (Wildman–Crippen LogP) is 12.9. The Kier molecular flexibility index (Phi) is 17.1. The maximum absolute atomic E-state index is 12.5. The van der Waals surface area contributed by atoms with E-state index in [0.29, 0.717) is 10.7 Å². The van der Waals surface area contributed by atoms with E-state index in [1.54, 1.807) is 30.7 Å². The molecule has 304 valence electrons. The van der Waals surface area contributed by atoms with Gasteiger partial charge < -0.3 is 4.98 Å². The number of aromatic nitrogens is 4. The fourth-order valence-corrected chi connectivity index (χ4v) is 7.01. The molecule has 5 aromatic carbocycles. The molecule has 0 atom stereocenters. The molecule has 11 heteroatoms. The lowest BCUT2D eigenvalue weighted by molar-refractivity contribution is -0.482. The lowest BCUT2D eigenvalue weighted by Gasteiger charge is -2.11. The van der Waals surface area contributed by atoms with Crippen molar-refractivity contribution in [2.24, 2.45) is 0 Å². The number of rotatable bonds is 5. The quantitative estimate of drug-likeness (QED) is 0.0772. The third-order valence-corrected chi connectivity index (χ3v) is 8.97. The van der Waals surface area contributed by atoms with Crippen LogP contribution in [0.15, 0.2) is 122 Å². The Bertz CT molecular complexity index is 2460. The van der Waals surface area contributed by atoms with Crippen LogP contribution in [0.25, 0.3) is 45.0 Å². The van der Waals surface area contributed by atoms with Crippen molar-refractivity contribution in [1.29, 1.82) is 0 Å². The third-order valence-electron chi connectivity index (χ3n) is 8.73. The second-order valence-corrected chi connectivity index (χ2v) is 15.5. The van der Waals surface area contributed by atoms with Gasteiger partial charge in [0.2, 0.25) is 6.20 Å². The van der Waals surface area contributed by atoms with Gasteiger partial charge in [0, 0.05) is 39.0 Å². The normalized spacial score (nSPS) is 10.2. The Balaban J connectivity index is 0.000000199. The van der Waals surface area contributed by atoms with Crippen molar-refractivity contribution < 1.29 is 19.4 Å². The predicted molar refractivity (Wildman–Crippen MR) is 242 cm³/mol. The Morgan fingerprint density at radius 2 is 1.02 bits per heavy atom. The molecule has 0 amide bonds. The van der Waals surface area contributed by atoms with Crippen molar-refractivity contribution in [2.45, 2.75) is 55.4 Å². The fourth-order valence-electron chi connectivity index (χ4n) is 6.81. The molecule has 2 heterocycles. The van der Waals surface area contributed by atoms with Crippen LogP contribution >= 0.6 is 34.8 Å². The SMILES string of the molecule is Cc1cc(C)cc(-c2[nH]cc[n+](=O)c2-c2cc(C)cc(C)c2)c1.Cc1cc(C)cc(-c2nccnc2-c2cc(C)cc(C)c2)c1.ClCCl.O=C(OO)c1cccc(Cl)c1. The van der Waals surface area contributed by atoms with Gasteiger partial charge in [0.15, 0.2) is 0 Å². The first-order chi connectivity index (χ1) is 28.1. The maximum Gasteiger partial charge on any atom is 0.372 e. The molecule has 0 aliphatic rings. The van der Waals surface area contributed by atoms with E-state index in [1.807, 2.05) is 0 Å². The smallest absolute Gasteiger partial charge is 0.350 e. The number of hydrogen-bond acceptors (Lipinski definition) is 6. The molecule has 0 bridgehead atoms.